The van der Waals surface area contributed by atoms with E-state index in [0.29, 0.717) is 16.7 Å². The van der Waals surface area contributed by atoms with Crippen LogP contribution < -0.4 is 0 Å². The summed E-state index contributed by atoms with van der Waals surface area (Å²) in [5, 5.41) is 17.9. The molecule has 0 radical (unpaired) electrons. The number of hydrogen-bond acceptors (Lipinski definition) is 2. The molecule has 2 rings (SSSR count). The minimum atomic E-state index is -4.41. The summed E-state index contributed by atoms with van der Waals surface area (Å²) < 4.78 is 37.6. The fraction of sp³-hybridized carbons (Fsp3) is 0.176. The molecule has 2 aromatic carbocycles. The van der Waals surface area contributed by atoms with Gasteiger partial charge < -0.3 is 10.2 Å². The van der Waals surface area contributed by atoms with Crippen molar-refractivity contribution in [3.63, 3.8) is 0 Å². The summed E-state index contributed by atoms with van der Waals surface area (Å²) >= 11 is 0. The maximum Gasteiger partial charge on any atom is 0.416 e. The normalized spacial score (nSPS) is 12.6. The molecule has 0 saturated heterocycles. The molecule has 1 unspecified atom stereocenters. The summed E-state index contributed by atoms with van der Waals surface area (Å²) in [6.07, 6.45) is -4.96. The standard InChI is InChI=1S/C17H13F3O4/c18-17(19,20)13-7-5-11(6-8-13)10-1-3-12(4-2-10)14(16(23)24)9-15(21)22/h1-8,14H,9H2,(H,21,22)(H,23,24). The van der Waals surface area contributed by atoms with Gasteiger partial charge in [0.2, 0.25) is 0 Å². The molecule has 0 aliphatic carbocycles. The zero-order valence-electron chi connectivity index (χ0n) is 12.2. The van der Waals surface area contributed by atoms with E-state index in [1.807, 2.05) is 0 Å². The summed E-state index contributed by atoms with van der Waals surface area (Å²) in [7, 11) is 0. The van der Waals surface area contributed by atoms with Gasteiger partial charge in [-0.05, 0) is 28.8 Å². The van der Waals surface area contributed by atoms with Crippen molar-refractivity contribution in [2.45, 2.75) is 18.5 Å². The number of alkyl halides is 3. The lowest BCUT2D eigenvalue weighted by Gasteiger charge is -2.12. The van der Waals surface area contributed by atoms with E-state index in [0.717, 1.165) is 12.1 Å². The van der Waals surface area contributed by atoms with Crippen LogP contribution in [0.25, 0.3) is 11.1 Å². The van der Waals surface area contributed by atoms with Gasteiger partial charge in [-0.1, -0.05) is 36.4 Å². The van der Waals surface area contributed by atoms with Crippen molar-refractivity contribution >= 4 is 11.9 Å². The van der Waals surface area contributed by atoms with Crippen LogP contribution in [0.5, 0.6) is 0 Å². The number of carbonyl (C=O) groups is 2. The molecule has 1 atom stereocenters. The Morgan fingerprint density at radius 3 is 1.71 bits per heavy atom. The highest BCUT2D eigenvalue weighted by molar-refractivity contribution is 5.82. The van der Waals surface area contributed by atoms with E-state index < -0.39 is 36.0 Å². The molecule has 0 bridgehead atoms. The first-order valence-corrected chi connectivity index (χ1v) is 6.90. The molecule has 0 aliphatic rings. The summed E-state index contributed by atoms with van der Waals surface area (Å²) in [6, 6.07) is 10.6. The van der Waals surface area contributed by atoms with Crippen molar-refractivity contribution in [3.8, 4) is 11.1 Å². The number of carboxylic acids is 2. The molecule has 2 aromatic rings. The highest BCUT2D eigenvalue weighted by atomic mass is 19.4. The second-order valence-corrected chi connectivity index (χ2v) is 5.19. The molecule has 0 aromatic heterocycles. The van der Waals surface area contributed by atoms with E-state index in [9.17, 15) is 22.8 Å². The van der Waals surface area contributed by atoms with Gasteiger partial charge in [0.25, 0.3) is 0 Å². The van der Waals surface area contributed by atoms with E-state index in [1.165, 1.54) is 24.3 Å². The molecular formula is C17H13F3O4. The number of hydrogen-bond donors (Lipinski definition) is 2. The molecular weight excluding hydrogens is 325 g/mol. The number of rotatable bonds is 5. The zero-order chi connectivity index (χ0) is 17.9. The van der Waals surface area contributed by atoms with Crippen molar-refractivity contribution < 1.29 is 33.0 Å². The minimum Gasteiger partial charge on any atom is -0.481 e. The Bertz CT molecular complexity index is 734. The summed E-state index contributed by atoms with van der Waals surface area (Å²) in [4.78, 5) is 21.9. The van der Waals surface area contributed by atoms with E-state index in [2.05, 4.69) is 0 Å². The highest BCUT2D eigenvalue weighted by Crippen LogP contribution is 2.31. The average molecular weight is 338 g/mol. The molecule has 0 aliphatic heterocycles. The van der Waals surface area contributed by atoms with E-state index in [-0.39, 0.29) is 0 Å². The van der Waals surface area contributed by atoms with Crippen LogP contribution in [0.2, 0.25) is 0 Å². The van der Waals surface area contributed by atoms with Crippen LogP contribution in [0.4, 0.5) is 13.2 Å². The third kappa shape index (κ3) is 4.13. The maximum atomic E-state index is 12.5. The molecule has 24 heavy (non-hydrogen) atoms. The Morgan fingerprint density at radius 1 is 0.875 bits per heavy atom. The van der Waals surface area contributed by atoms with E-state index in [1.54, 1.807) is 12.1 Å². The fourth-order valence-corrected chi connectivity index (χ4v) is 2.28. The molecule has 2 N–H and O–H groups in total. The van der Waals surface area contributed by atoms with E-state index >= 15 is 0 Å². The molecule has 0 amide bonds. The van der Waals surface area contributed by atoms with Crippen LogP contribution in [-0.4, -0.2) is 22.2 Å². The number of aliphatic carboxylic acids is 2. The van der Waals surface area contributed by atoms with Gasteiger partial charge in [-0.3, -0.25) is 9.59 Å². The Balaban J connectivity index is 2.25. The first-order chi connectivity index (χ1) is 11.2. The third-order valence-corrected chi connectivity index (χ3v) is 3.54. The zero-order valence-corrected chi connectivity index (χ0v) is 12.2. The third-order valence-electron chi connectivity index (χ3n) is 3.54. The predicted octanol–water partition coefficient (Wildman–Crippen LogP) is 4.02. The summed E-state index contributed by atoms with van der Waals surface area (Å²) in [6.45, 7) is 0. The quantitative estimate of drug-likeness (QED) is 0.864. The average Bonchev–Trinajstić information content (AvgIpc) is 2.52. The molecule has 0 heterocycles. The topological polar surface area (TPSA) is 74.6 Å². The Kier molecular flexibility index (Phi) is 4.92. The highest BCUT2D eigenvalue weighted by Gasteiger charge is 2.30. The minimum absolute atomic E-state index is 0.320. The largest absolute Gasteiger partial charge is 0.481 e. The van der Waals surface area contributed by atoms with Crippen molar-refractivity contribution in [2.75, 3.05) is 0 Å². The van der Waals surface area contributed by atoms with Crippen LogP contribution in [0, 0.1) is 0 Å². The van der Waals surface area contributed by atoms with Crippen LogP contribution in [0.15, 0.2) is 48.5 Å². The van der Waals surface area contributed by atoms with Gasteiger partial charge in [0.1, 0.15) is 0 Å². The lowest BCUT2D eigenvalue weighted by Crippen LogP contribution is -2.15. The molecule has 126 valence electrons. The second kappa shape index (κ2) is 6.74. The monoisotopic (exact) mass is 338 g/mol. The molecule has 0 spiro atoms. The van der Waals surface area contributed by atoms with E-state index in [4.69, 9.17) is 10.2 Å². The first-order valence-electron chi connectivity index (χ1n) is 6.90. The predicted molar refractivity (Wildman–Crippen MR) is 79.5 cm³/mol. The molecule has 0 fully saturated rings. The summed E-state index contributed by atoms with van der Waals surface area (Å²) in [5.41, 5.74) is 0.711. The lowest BCUT2D eigenvalue weighted by atomic mass is 9.93. The van der Waals surface area contributed by atoms with Gasteiger partial charge in [-0.2, -0.15) is 13.2 Å². The summed E-state index contributed by atoms with van der Waals surface area (Å²) in [5.74, 6) is -3.65. The smallest absolute Gasteiger partial charge is 0.416 e. The van der Waals surface area contributed by atoms with Gasteiger partial charge in [0.15, 0.2) is 0 Å². The fourth-order valence-electron chi connectivity index (χ4n) is 2.28. The van der Waals surface area contributed by atoms with Gasteiger partial charge in [0.05, 0.1) is 17.9 Å². The van der Waals surface area contributed by atoms with Crippen LogP contribution >= 0.6 is 0 Å². The van der Waals surface area contributed by atoms with Gasteiger partial charge in [-0.15, -0.1) is 0 Å². The lowest BCUT2D eigenvalue weighted by molar-refractivity contribution is -0.145. The first kappa shape index (κ1) is 17.5. The van der Waals surface area contributed by atoms with Crippen molar-refractivity contribution in [2.24, 2.45) is 0 Å². The number of benzene rings is 2. The van der Waals surface area contributed by atoms with Gasteiger partial charge >= 0.3 is 18.1 Å². The number of carboxylic acid groups (broad SMARTS) is 2. The molecule has 4 nitrogen and oxygen atoms in total. The van der Waals surface area contributed by atoms with Crippen LogP contribution in [0.1, 0.15) is 23.5 Å². The molecule has 7 heteroatoms. The molecule has 0 saturated carbocycles. The SMILES string of the molecule is O=C(O)CC(C(=O)O)c1ccc(-c2ccc(C(F)(F)F)cc2)cc1. The van der Waals surface area contributed by atoms with Crippen molar-refractivity contribution in [3.05, 3.63) is 59.7 Å². The number of halogens is 3. The van der Waals surface area contributed by atoms with Crippen molar-refractivity contribution in [1.82, 2.24) is 0 Å². The van der Waals surface area contributed by atoms with Crippen LogP contribution in [-0.2, 0) is 15.8 Å². The Labute approximate surface area is 135 Å². The maximum absolute atomic E-state index is 12.5. The van der Waals surface area contributed by atoms with Crippen LogP contribution in [0.3, 0.4) is 0 Å². The van der Waals surface area contributed by atoms with Gasteiger partial charge in [-0.25, -0.2) is 0 Å². The Morgan fingerprint density at radius 2 is 1.33 bits per heavy atom. The second-order valence-electron chi connectivity index (χ2n) is 5.19. The van der Waals surface area contributed by atoms with Gasteiger partial charge in [0, 0.05) is 0 Å². The van der Waals surface area contributed by atoms with Crippen molar-refractivity contribution in [1.29, 1.82) is 0 Å². The Hall–Kier alpha value is -2.83.